The summed E-state index contributed by atoms with van der Waals surface area (Å²) in [7, 11) is 0. The molecule has 0 radical (unpaired) electrons. The zero-order valence-electron chi connectivity index (χ0n) is 13.0. The predicted molar refractivity (Wildman–Crippen MR) is 90.7 cm³/mol. The van der Waals surface area contributed by atoms with E-state index in [1.807, 2.05) is 42.5 Å². The first-order chi connectivity index (χ1) is 11.9. The van der Waals surface area contributed by atoms with Gasteiger partial charge in [-0.25, -0.2) is 9.50 Å². The lowest BCUT2D eigenvalue weighted by Gasteiger charge is -2.09. The Bertz CT molecular complexity index is 1110. The van der Waals surface area contributed by atoms with Gasteiger partial charge in [-0.3, -0.25) is 0 Å². The maximum Gasteiger partial charge on any atom is 0.433 e. The third-order valence-corrected chi connectivity index (χ3v) is 4.34. The molecule has 0 amide bonds. The maximum absolute atomic E-state index is 13.1. The molecule has 0 spiro atoms. The van der Waals surface area contributed by atoms with Gasteiger partial charge in [-0.2, -0.15) is 18.3 Å². The first-order valence-electron chi connectivity index (χ1n) is 7.47. The Balaban J connectivity index is 2.11. The highest BCUT2D eigenvalue weighted by atomic mass is 35.5. The molecule has 0 unspecified atom stereocenters. The summed E-state index contributed by atoms with van der Waals surface area (Å²) in [6, 6.07) is 14.1. The van der Waals surface area contributed by atoms with Gasteiger partial charge in [0.2, 0.25) is 0 Å². The minimum absolute atomic E-state index is 0.0914. The first-order valence-corrected chi connectivity index (χ1v) is 7.85. The summed E-state index contributed by atoms with van der Waals surface area (Å²) in [5, 5.41) is 6.04. The Kier molecular flexibility index (Phi) is 3.47. The van der Waals surface area contributed by atoms with E-state index >= 15 is 0 Å². The van der Waals surface area contributed by atoms with E-state index < -0.39 is 11.9 Å². The number of benzene rings is 2. The van der Waals surface area contributed by atoms with E-state index in [2.05, 4.69) is 10.1 Å². The molecule has 3 nitrogen and oxygen atoms in total. The molecule has 0 aliphatic heterocycles. The number of hydrogen-bond acceptors (Lipinski definition) is 2. The van der Waals surface area contributed by atoms with Crippen LogP contribution >= 0.6 is 11.6 Å². The molecule has 2 aromatic heterocycles. The highest BCUT2D eigenvalue weighted by molar-refractivity contribution is 6.29. The predicted octanol–water partition coefficient (Wildman–Crippen LogP) is 5.53. The summed E-state index contributed by atoms with van der Waals surface area (Å²) in [6.45, 7) is 1.73. The van der Waals surface area contributed by atoms with Crippen LogP contribution in [0.1, 0.15) is 11.4 Å². The summed E-state index contributed by atoms with van der Waals surface area (Å²) in [5.41, 5.74) is 0.934. The lowest BCUT2D eigenvalue weighted by atomic mass is 9.98. The molecule has 0 aliphatic carbocycles. The van der Waals surface area contributed by atoms with Crippen LogP contribution in [-0.2, 0) is 6.18 Å². The fourth-order valence-corrected chi connectivity index (χ4v) is 3.21. The van der Waals surface area contributed by atoms with Gasteiger partial charge in [-0.15, -0.1) is 0 Å². The number of fused-ring (bicyclic) bond motifs is 2. The summed E-state index contributed by atoms with van der Waals surface area (Å²) >= 11 is 6.02. The molecule has 2 heterocycles. The van der Waals surface area contributed by atoms with E-state index in [4.69, 9.17) is 11.6 Å². The molecule has 0 aliphatic rings. The minimum atomic E-state index is -4.58. The number of aromatic nitrogens is 3. The minimum Gasteiger partial charge on any atom is -0.223 e. The number of alkyl halides is 3. The zero-order valence-corrected chi connectivity index (χ0v) is 13.7. The zero-order chi connectivity index (χ0) is 17.8. The smallest absolute Gasteiger partial charge is 0.223 e. The lowest BCUT2D eigenvalue weighted by molar-refractivity contribution is -0.141. The summed E-state index contributed by atoms with van der Waals surface area (Å²) in [6.07, 6.45) is -4.58. The molecule has 25 heavy (non-hydrogen) atoms. The van der Waals surface area contributed by atoms with E-state index in [1.54, 1.807) is 6.92 Å². The molecule has 126 valence electrons. The molecular weight excluding hydrogens is 351 g/mol. The van der Waals surface area contributed by atoms with Crippen LogP contribution in [0.15, 0.2) is 48.5 Å². The highest BCUT2D eigenvalue weighted by Crippen LogP contribution is 2.36. The van der Waals surface area contributed by atoms with Crippen molar-refractivity contribution >= 4 is 28.0 Å². The molecule has 4 aromatic rings. The topological polar surface area (TPSA) is 30.2 Å². The van der Waals surface area contributed by atoms with Gasteiger partial charge in [0.05, 0.1) is 11.3 Å². The molecule has 0 fully saturated rings. The monoisotopic (exact) mass is 361 g/mol. The van der Waals surface area contributed by atoms with Gasteiger partial charge in [-0.1, -0.05) is 54.1 Å². The standard InChI is InChI=1S/C18H11ClF3N3/c1-10-16(13-8-4-6-11-5-2-3-7-12(11)13)17-23-14(18(20,21)22)9-15(19)25(17)24-10/h2-9H,1H3. The number of hydrogen-bond donors (Lipinski definition) is 0. The van der Waals surface area contributed by atoms with Crippen LogP contribution in [0.4, 0.5) is 13.2 Å². The molecule has 4 rings (SSSR count). The van der Waals surface area contributed by atoms with Crippen LogP contribution < -0.4 is 0 Å². The van der Waals surface area contributed by atoms with E-state index in [0.29, 0.717) is 11.3 Å². The molecule has 0 atom stereocenters. The third kappa shape index (κ3) is 2.53. The van der Waals surface area contributed by atoms with E-state index in [1.165, 1.54) is 4.52 Å². The van der Waals surface area contributed by atoms with E-state index in [-0.39, 0.29) is 10.8 Å². The average Bonchev–Trinajstić information content (AvgIpc) is 2.90. The molecule has 0 bridgehead atoms. The maximum atomic E-state index is 13.1. The molecule has 0 saturated carbocycles. The molecule has 7 heteroatoms. The van der Waals surface area contributed by atoms with Crippen LogP contribution in [0.5, 0.6) is 0 Å². The summed E-state index contributed by atoms with van der Waals surface area (Å²) < 4.78 is 40.7. The van der Waals surface area contributed by atoms with Crippen LogP contribution in [-0.4, -0.2) is 14.6 Å². The van der Waals surface area contributed by atoms with Crippen LogP contribution in [0, 0.1) is 6.92 Å². The van der Waals surface area contributed by atoms with Crippen molar-refractivity contribution in [3.05, 3.63) is 65.1 Å². The fourth-order valence-electron chi connectivity index (χ4n) is 2.99. The Labute approximate surface area is 145 Å². The van der Waals surface area contributed by atoms with Gasteiger partial charge in [0.15, 0.2) is 5.65 Å². The van der Waals surface area contributed by atoms with Crippen molar-refractivity contribution in [3.63, 3.8) is 0 Å². The highest BCUT2D eigenvalue weighted by Gasteiger charge is 2.34. The average molecular weight is 362 g/mol. The van der Waals surface area contributed by atoms with Gasteiger partial charge in [-0.05, 0) is 23.3 Å². The van der Waals surface area contributed by atoms with Crippen molar-refractivity contribution in [3.8, 4) is 11.1 Å². The third-order valence-electron chi connectivity index (χ3n) is 4.07. The largest absolute Gasteiger partial charge is 0.433 e. The van der Waals surface area contributed by atoms with E-state index in [9.17, 15) is 13.2 Å². The number of halogens is 4. The van der Waals surface area contributed by atoms with Crippen molar-refractivity contribution in [1.82, 2.24) is 14.6 Å². The van der Waals surface area contributed by atoms with E-state index in [0.717, 1.165) is 22.4 Å². The molecule has 0 N–H and O–H groups in total. The van der Waals surface area contributed by atoms with Crippen molar-refractivity contribution in [1.29, 1.82) is 0 Å². The lowest BCUT2D eigenvalue weighted by Crippen LogP contribution is -2.10. The Morgan fingerprint density at radius 1 is 1.04 bits per heavy atom. The SMILES string of the molecule is Cc1nn2c(Cl)cc(C(F)(F)F)nc2c1-c1cccc2ccccc12. The van der Waals surface area contributed by atoms with Gasteiger partial charge in [0.25, 0.3) is 0 Å². The van der Waals surface area contributed by atoms with Crippen LogP contribution in [0.3, 0.4) is 0 Å². The second kappa shape index (κ2) is 5.46. The molecular formula is C18H11ClF3N3. The van der Waals surface area contributed by atoms with Gasteiger partial charge >= 0.3 is 6.18 Å². The fraction of sp³-hybridized carbons (Fsp3) is 0.111. The van der Waals surface area contributed by atoms with Crippen molar-refractivity contribution < 1.29 is 13.2 Å². The second-order valence-electron chi connectivity index (χ2n) is 5.68. The van der Waals surface area contributed by atoms with Gasteiger partial charge in [0, 0.05) is 6.07 Å². The van der Waals surface area contributed by atoms with Crippen molar-refractivity contribution in [2.24, 2.45) is 0 Å². The Morgan fingerprint density at radius 2 is 1.76 bits per heavy atom. The Morgan fingerprint density at radius 3 is 2.52 bits per heavy atom. The van der Waals surface area contributed by atoms with Crippen LogP contribution in [0.25, 0.3) is 27.5 Å². The van der Waals surface area contributed by atoms with Gasteiger partial charge in [0.1, 0.15) is 10.8 Å². The normalized spacial score (nSPS) is 12.2. The molecule has 0 saturated heterocycles. The number of rotatable bonds is 1. The number of nitrogens with zero attached hydrogens (tertiary/aromatic N) is 3. The van der Waals surface area contributed by atoms with Crippen molar-refractivity contribution in [2.75, 3.05) is 0 Å². The van der Waals surface area contributed by atoms with Crippen molar-refractivity contribution in [2.45, 2.75) is 13.1 Å². The van der Waals surface area contributed by atoms with Gasteiger partial charge < -0.3 is 0 Å². The van der Waals surface area contributed by atoms with Crippen LogP contribution in [0.2, 0.25) is 5.15 Å². The summed E-state index contributed by atoms with van der Waals surface area (Å²) in [5.74, 6) is 0. The molecule has 2 aromatic carbocycles. The Hall–Kier alpha value is -2.60. The second-order valence-corrected chi connectivity index (χ2v) is 6.07. The number of aryl methyl sites for hydroxylation is 1. The first kappa shape index (κ1) is 15.9. The quantitative estimate of drug-likeness (QED) is 0.417. The summed E-state index contributed by atoms with van der Waals surface area (Å²) in [4.78, 5) is 3.80.